The van der Waals surface area contributed by atoms with E-state index < -0.39 is 12.0 Å². The van der Waals surface area contributed by atoms with Crippen LogP contribution in [0.2, 0.25) is 0 Å². The molecular formula is C25H22N2O4. The second kappa shape index (κ2) is 8.83. The zero-order valence-electron chi connectivity index (χ0n) is 17.3. The van der Waals surface area contributed by atoms with Gasteiger partial charge in [0, 0.05) is 18.2 Å². The Kier molecular flexibility index (Phi) is 5.80. The van der Waals surface area contributed by atoms with E-state index in [0.29, 0.717) is 17.0 Å². The van der Waals surface area contributed by atoms with Crippen LogP contribution >= 0.6 is 0 Å². The van der Waals surface area contributed by atoms with Crippen LogP contribution in [0.5, 0.6) is 5.88 Å². The number of amides is 1. The Balaban J connectivity index is 1.75. The number of aromatic nitrogens is 1. The van der Waals surface area contributed by atoms with Crippen LogP contribution in [-0.4, -0.2) is 37.1 Å². The van der Waals surface area contributed by atoms with Crippen molar-refractivity contribution in [2.75, 3.05) is 14.2 Å². The van der Waals surface area contributed by atoms with Gasteiger partial charge in [0.2, 0.25) is 5.88 Å². The minimum atomic E-state index is -0.895. The molecule has 4 aromatic rings. The highest BCUT2D eigenvalue weighted by Gasteiger charge is 2.26. The third-order valence-electron chi connectivity index (χ3n) is 5.26. The van der Waals surface area contributed by atoms with E-state index in [4.69, 9.17) is 9.47 Å². The molecule has 1 amide bonds. The number of nitrogens with one attached hydrogen (secondary N) is 1. The Morgan fingerprint density at radius 1 is 0.935 bits per heavy atom. The van der Waals surface area contributed by atoms with Crippen LogP contribution in [0.15, 0.2) is 72.9 Å². The maximum atomic E-state index is 13.5. The molecule has 1 atom stereocenters. The second-order valence-corrected chi connectivity index (χ2v) is 7.12. The molecule has 0 spiro atoms. The van der Waals surface area contributed by atoms with Gasteiger partial charge in [-0.25, -0.2) is 9.78 Å². The summed E-state index contributed by atoms with van der Waals surface area (Å²) in [6.45, 7) is 0. The summed E-state index contributed by atoms with van der Waals surface area (Å²) in [6, 6.07) is 20.1. The Bertz CT molecular complexity index is 1210. The summed E-state index contributed by atoms with van der Waals surface area (Å²) >= 11 is 0. The minimum Gasteiger partial charge on any atom is -0.481 e. The third kappa shape index (κ3) is 4.05. The molecule has 156 valence electrons. The van der Waals surface area contributed by atoms with Crippen molar-refractivity contribution in [1.29, 1.82) is 0 Å². The fraction of sp³-hybridized carbons (Fsp3) is 0.160. The highest BCUT2D eigenvalue weighted by Crippen LogP contribution is 2.28. The molecule has 4 rings (SSSR count). The zero-order valence-corrected chi connectivity index (χ0v) is 17.3. The van der Waals surface area contributed by atoms with Gasteiger partial charge in [0.15, 0.2) is 0 Å². The summed E-state index contributed by atoms with van der Waals surface area (Å²) in [6.07, 6.45) is 1.80. The van der Waals surface area contributed by atoms with E-state index in [1.54, 1.807) is 18.3 Å². The molecule has 0 saturated heterocycles. The molecule has 6 nitrogen and oxygen atoms in total. The van der Waals surface area contributed by atoms with E-state index in [0.717, 1.165) is 21.5 Å². The summed E-state index contributed by atoms with van der Waals surface area (Å²) in [7, 11) is 2.81. The van der Waals surface area contributed by atoms with E-state index in [9.17, 15) is 9.59 Å². The van der Waals surface area contributed by atoms with Gasteiger partial charge in [0.25, 0.3) is 5.91 Å². The largest absolute Gasteiger partial charge is 0.481 e. The van der Waals surface area contributed by atoms with Crippen molar-refractivity contribution in [1.82, 2.24) is 10.3 Å². The summed E-state index contributed by atoms with van der Waals surface area (Å²) in [5.41, 5.74) is 1.23. The van der Waals surface area contributed by atoms with Crippen molar-refractivity contribution in [2.45, 2.75) is 12.5 Å². The number of rotatable bonds is 6. The average molecular weight is 414 g/mol. The van der Waals surface area contributed by atoms with Crippen LogP contribution in [0.4, 0.5) is 0 Å². The fourth-order valence-corrected chi connectivity index (χ4v) is 3.81. The molecule has 0 aliphatic rings. The minimum absolute atomic E-state index is 0.193. The van der Waals surface area contributed by atoms with Crippen LogP contribution in [-0.2, 0) is 16.0 Å². The molecule has 0 saturated carbocycles. The van der Waals surface area contributed by atoms with E-state index in [1.807, 2.05) is 48.5 Å². The lowest BCUT2D eigenvalue weighted by Gasteiger charge is -2.19. The van der Waals surface area contributed by atoms with Gasteiger partial charge in [0.05, 0.1) is 19.8 Å². The summed E-state index contributed by atoms with van der Waals surface area (Å²) in [4.78, 5) is 30.2. The highest BCUT2D eigenvalue weighted by molar-refractivity contribution is 6.18. The summed E-state index contributed by atoms with van der Waals surface area (Å²) < 4.78 is 10.2. The lowest BCUT2D eigenvalue weighted by Crippen LogP contribution is -2.43. The predicted octanol–water partition coefficient (Wildman–Crippen LogP) is 3.91. The average Bonchev–Trinajstić information content (AvgIpc) is 2.81. The van der Waals surface area contributed by atoms with Crippen LogP contribution in [0.25, 0.3) is 21.5 Å². The number of methoxy groups -OCH3 is 2. The third-order valence-corrected chi connectivity index (χ3v) is 5.26. The predicted molar refractivity (Wildman–Crippen MR) is 119 cm³/mol. The molecule has 0 radical (unpaired) electrons. The van der Waals surface area contributed by atoms with Gasteiger partial charge in [-0.1, -0.05) is 54.6 Å². The number of carbonyl (C=O) groups is 2. The molecule has 0 unspecified atom stereocenters. The Labute approximate surface area is 179 Å². The van der Waals surface area contributed by atoms with Gasteiger partial charge in [-0.3, -0.25) is 4.79 Å². The molecule has 0 fully saturated rings. The Hall–Kier alpha value is -3.93. The SMILES string of the molecule is COC(=O)[C@H](Cc1cccnc1OC)NC(=O)c1c2ccccc2cc2ccccc12. The second-order valence-electron chi connectivity index (χ2n) is 7.12. The standard InChI is InChI=1S/C25H22N2O4/c1-30-24-18(10-7-13-26-24)15-21(25(29)31-2)27-23(28)22-19-11-5-3-8-16(19)14-17-9-4-6-12-20(17)22/h3-14,21H,15H2,1-2H3,(H,27,28)/t21-/m0/s1. The summed E-state index contributed by atoms with van der Waals surface area (Å²) in [5, 5.41) is 6.42. The van der Waals surface area contributed by atoms with E-state index in [2.05, 4.69) is 16.4 Å². The first-order valence-electron chi connectivity index (χ1n) is 9.89. The number of nitrogens with zero attached hydrogens (tertiary/aromatic N) is 1. The highest BCUT2D eigenvalue weighted by atomic mass is 16.5. The topological polar surface area (TPSA) is 77.5 Å². The van der Waals surface area contributed by atoms with Crippen molar-refractivity contribution >= 4 is 33.4 Å². The molecule has 1 aromatic heterocycles. The molecule has 0 aliphatic carbocycles. The molecule has 31 heavy (non-hydrogen) atoms. The molecule has 1 N–H and O–H groups in total. The summed E-state index contributed by atoms with van der Waals surface area (Å²) in [5.74, 6) is -0.476. The molecule has 6 heteroatoms. The van der Waals surface area contributed by atoms with Gasteiger partial charge >= 0.3 is 5.97 Å². The van der Waals surface area contributed by atoms with Gasteiger partial charge in [-0.05, 0) is 33.7 Å². The van der Waals surface area contributed by atoms with Crippen LogP contribution < -0.4 is 10.1 Å². The number of carbonyl (C=O) groups excluding carboxylic acids is 2. The van der Waals surface area contributed by atoms with E-state index in [-0.39, 0.29) is 12.3 Å². The molecule has 0 aliphatic heterocycles. The Morgan fingerprint density at radius 2 is 1.58 bits per heavy atom. The lowest BCUT2D eigenvalue weighted by atomic mass is 9.96. The number of hydrogen-bond acceptors (Lipinski definition) is 5. The van der Waals surface area contributed by atoms with Crippen LogP contribution in [0.3, 0.4) is 0 Å². The van der Waals surface area contributed by atoms with Gasteiger partial charge < -0.3 is 14.8 Å². The van der Waals surface area contributed by atoms with Crippen LogP contribution in [0, 0.1) is 0 Å². The Morgan fingerprint density at radius 3 is 2.19 bits per heavy atom. The van der Waals surface area contributed by atoms with Crippen molar-refractivity contribution in [3.63, 3.8) is 0 Å². The zero-order chi connectivity index (χ0) is 21.8. The molecular weight excluding hydrogens is 392 g/mol. The first-order valence-corrected chi connectivity index (χ1v) is 9.89. The number of benzene rings is 3. The maximum Gasteiger partial charge on any atom is 0.328 e. The molecule has 0 bridgehead atoms. The number of ether oxygens (including phenoxy) is 2. The number of hydrogen-bond donors (Lipinski definition) is 1. The van der Waals surface area contributed by atoms with Gasteiger partial charge in [0.1, 0.15) is 6.04 Å². The van der Waals surface area contributed by atoms with E-state index >= 15 is 0 Å². The smallest absolute Gasteiger partial charge is 0.328 e. The molecule has 3 aromatic carbocycles. The van der Waals surface area contributed by atoms with Crippen molar-refractivity contribution in [3.8, 4) is 5.88 Å². The van der Waals surface area contributed by atoms with Gasteiger partial charge in [-0.2, -0.15) is 0 Å². The first kappa shape index (κ1) is 20.3. The van der Waals surface area contributed by atoms with Crippen LogP contribution in [0.1, 0.15) is 15.9 Å². The van der Waals surface area contributed by atoms with Crippen molar-refractivity contribution < 1.29 is 19.1 Å². The quantitative estimate of drug-likeness (QED) is 0.382. The maximum absolute atomic E-state index is 13.5. The van der Waals surface area contributed by atoms with E-state index in [1.165, 1.54) is 14.2 Å². The van der Waals surface area contributed by atoms with Crippen molar-refractivity contribution in [3.05, 3.63) is 84.1 Å². The first-order chi connectivity index (χ1) is 15.1. The number of fused-ring (bicyclic) bond motifs is 2. The van der Waals surface area contributed by atoms with Gasteiger partial charge in [-0.15, -0.1) is 0 Å². The fourth-order valence-electron chi connectivity index (χ4n) is 3.81. The lowest BCUT2D eigenvalue weighted by molar-refractivity contribution is -0.142. The monoisotopic (exact) mass is 414 g/mol. The number of pyridine rings is 1. The number of esters is 1. The van der Waals surface area contributed by atoms with Crippen molar-refractivity contribution in [2.24, 2.45) is 0 Å². The normalized spacial score (nSPS) is 11.8. The molecule has 1 heterocycles.